The van der Waals surface area contributed by atoms with E-state index < -0.39 is 10.8 Å². The van der Waals surface area contributed by atoms with Crippen LogP contribution in [0.3, 0.4) is 0 Å². The van der Waals surface area contributed by atoms with Crippen LogP contribution in [0.4, 0.5) is 11.4 Å². The van der Waals surface area contributed by atoms with Gasteiger partial charge in [0.05, 0.1) is 22.2 Å². The zero-order valence-corrected chi connectivity index (χ0v) is 11.9. The number of rotatable bonds is 4. The second kappa shape index (κ2) is 6.34. The van der Waals surface area contributed by atoms with Crippen LogP contribution < -0.4 is 11.1 Å². The molecule has 0 bridgehead atoms. The summed E-state index contributed by atoms with van der Waals surface area (Å²) in [4.78, 5) is 12.5. The number of hydrogen-bond acceptors (Lipinski definition) is 3. The van der Waals surface area contributed by atoms with Gasteiger partial charge in [-0.3, -0.25) is 9.00 Å². The first-order chi connectivity index (χ1) is 9.56. The Balaban J connectivity index is 2.02. The Morgan fingerprint density at radius 2 is 1.95 bits per heavy atom. The van der Waals surface area contributed by atoms with Crippen molar-refractivity contribution in [2.75, 3.05) is 16.8 Å². The molecule has 0 aromatic heterocycles. The third-order valence-corrected chi connectivity index (χ3v) is 4.05. The topological polar surface area (TPSA) is 72.2 Å². The van der Waals surface area contributed by atoms with E-state index in [9.17, 15) is 9.00 Å². The molecule has 0 aliphatic heterocycles. The summed E-state index contributed by atoms with van der Waals surface area (Å²) >= 11 is 0. The monoisotopic (exact) mass is 288 g/mol. The number of nitrogens with two attached hydrogens (primary N) is 1. The van der Waals surface area contributed by atoms with Gasteiger partial charge in [-0.25, -0.2) is 0 Å². The number of carbonyl (C=O) groups excluding carboxylic acids is 1. The zero-order chi connectivity index (χ0) is 14.5. The average Bonchev–Trinajstić information content (AvgIpc) is 2.41. The van der Waals surface area contributed by atoms with E-state index in [0.717, 1.165) is 5.56 Å². The lowest BCUT2D eigenvalue weighted by molar-refractivity contribution is -0.113. The zero-order valence-electron chi connectivity index (χ0n) is 11.1. The number of nitrogen functional groups attached to an aromatic ring is 1. The molecule has 5 heteroatoms. The van der Waals surface area contributed by atoms with Gasteiger partial charge >= 0.3 is 0 Å². The molecule has 1 atom stereocenters. The Labute approximate surface area is 120 Å². The SMILES string of the molecule is Cc1cccc(S(=O)CC(=O)Nc2ccccc2N)c1. The molecule has 0 fully saturated rings. The van der Waals surface area contributed by atoms with Crippen molar-refractivity contribution < 1.29 is 9.00 Å². The standard InChI is InChI=1S/C15H16N2O2S/c1-11-5-4-6-12(9-11)20(19)10-15(18)17-14-8-3-2-7-13(14)16/h2-9H,10,16H2,1H3,(H,17,18). The first-order valence-electron chi connectivity index (χ1n) is 6.15. The molecule has 1 unspecified atom stereocenters. The Hall–Kier alpha value is -2.14. The van der Waals surface area contributed by atoms with Crippen LogP contribution in [0.1, 0.15) is 5.56 Å². The van der Waals surface area contributed by atoms with Gasteiger partial charge in [0.25, 0.3) is 0 Å². The molecule has 0 saturated heterocycles. The van der Waals surface area contributed by atoms with Gasteiger partial charge in [-0.15, -0.1) is 0 Å². The van der Waals surface area contributed by atoms with E-state index in [1.165, 1.54) is 0 Å². The summed E-state index contributed by atoms with van der Waals surface area (Å²) in [5.41, 5.74) is 7.79. The fourth-order valence-corrected chi connectivity index (χ4v) is 2.78. The quantitative estimate of drug-likeness (QED) is 0.848. The molecule has 0 spiro atoms. The molecule has 3 N–H and O–H groups in total. The van der Waals surface area contributed by atoms with Gasteiger partial charge < -0.3 is 11.1 Å². The molecule has 1 amide bonds. The van der Waals surface area contributed by atoms with Crippen molar-refractivity contribution in [3.63, 3.8) is 0 Å². The highest BCUT2D eigenvalue weighted by atomic mass is 32.2. The first kappa shape index (κ1) is 14.3. The minimum absolute atomic E-state index is 0.0855. The molecule has 0 radical (unpaired) electrons. The van der Waals surface area contributed by atoms with Gasteiger partial charge in [0.2, 0.25) is 5.91 Å². The van der Waals surface area contributed by atoms with Gasteiger partial charge in [-0.05, 0) is 36.8 Å². The van der Waals surface area contributed by atoms with Crippen LogP contribution in [0.15, 0.2) is 53.4 Å². The van der Waals surface area contributed by atoms with E-state index in [-0.39, 0.29) is 11.7 Å². The maximum absolute atomic E-state index is 12.1. The molecular formula is C15H16N2O2S. The maximum Gasteiger partial charge on any atom is 0.237 e. The third-order valence-electron chi connectivity index (χ3n) is 2.75. The fourth-order valence-electron chi connectivity index (χ4n) is 1.76. The fraction of sp³-hybridized carbons (Fsp3) is 0.133. The summed E-state index contributed by atoms with van der Waals surface area (Å²) in [6.45, 7) is 1.92. The van der Waals surface area contributed by atoms with Crippen LogP contribution in [0, 0.1) is 6.92 Å². The van der Waals surface area contributed by atoms with Crippen LogP contribution in [0.2, 0.25) is 0 Å². The highest BCUT2D eigenvalue weighted by Crippen LogP contribution is 2.17. The number of carbonyl (C=O) groups is 1. The highest BCUT2D eigenvalue weighted by molar-refractivity contribution is 7.85. The molecule has 0 saturated carbocycles. The van der Waals surface area contributed by atoms with Gasteiger partial charge in [0.15, 0.2) is 0 Å². The molecule has 104 valence electrons. The molecule has 2 aromatic carbocycles. The predicted octanol–water partition coefficient (Wildman–Crippen LogP) is 2.32. The van der Waals surface area contributed by atoms with E-state index in [0.29, 0.717) is 16.3 Å². The molecule has 0 aliphatic carbocycles. The highest BCUT2D eigenvalue weighted by Gasteiger charge is 2.11. The smallest absolute Gasteiger partial charge is 0.237 e. The van der Waals surface area contributed by atoms with Gasteiger partial charge in [0.1, 0.15) is 5.75 Å². The van der Waals surface area contributed by atoms with Crippen molar-refractivity contribution in [3.8, 4) is 0 Å². The molecule has 0 heterocycles. The summed E-state index contributed by atoms with van der Waals surface area (Å²) in [6.07, 6.45) is 0. The van der Waals surface area contributed by atoms with E-state index in [2.05, 4.69) is 5.32 Å². The number of anilines is 2. The first-order valence-corrected chi connectivity index (χ1v) is 7.47. The number of amides is 1. The van der Waals surface area contributed by atoms with Gasteiger partial charge in [-0.1, -0.05) is 24.3 Å². The number of aryl methyl sites for hydroxylation is 1. The van der Waals surface area contributed by atoms with Crippen LogP contribution in [-0.2, 0) is 15.6 Å². The van der Waals surface area contributed by atoms with Crippen LogP contribution in [0.5, 0.6) is 0 Å². The van der Waals surface area contributed by atoms with E-state index in [1.54, 1.807) is 30.3 Å². The minimum atomic E-state index is -1.36. The van der Waals surface area contributed by atoms with Crippen LogP contribution in [0.25, 0.3) is 0 Å². The number of para-hydroxylation sites is 2. The summed E-state index contributed by atoms with van der Waals surface area (Å²) in [7, 11) is -1.36. The molecule has 2 aromatic rings. The Morgan fingerprint density at radius 1 is 1.20 bits per heavy atom. The second-order valence-electron chi connectivity index (χ2n) is 4.44. The van der Waals surface area contributed by atoms with Crippen molar-refractivity contribution in [2.24, 2.45) is 0 Å². The van der Waals surface area contributed by atoms with Crippen LogP contribution in [-0.4, -0.2) is 15.9 Å². The maximum atomic E-state index is 12.1. The van der Waals surface area contributed by atoms with E-state index in [4.69, 9.17) is 5.73 Å². The van der Waals surface area contributed by atoms with E-state index in [1.807, 2.05) is 25.1 Å². The largest absolute Gasteiger partial charge is 0.397 e. The van der Waals surface area contributed by atoms with Crippen molar-refractivity contribution in [1.29, 1.82) is 0 Å². The van der Waals surface area contributed by atoms with Gasteiger partial charge in [0, 0.05) is 4.90 Å². The average molecular weight is 288 g/mol. The second-order valence-corrected chi connectivity index (χ2v) is 5.89. The lowest BCUT2D eigenvalue weighted by Crippen LogP contribution is -2.20. The summed E-state index contributed by atoms with van der Waals surface area (Å²) in [6, 6.07) is 14.3. The molecule has 20 heavy (non-hydrogen) atoms. The van der Waals surface area contributed by atoms with E-state index >= 15 is 0 Å². The lowest BCUT2D eigenvalue weighted by Gasteiger charge is -2.08. The van der Waals surface area contributed by atoms with Crippen molar-refractivity contribution in [1.82, 2.24) is 0 Å². The Bertz CT molecular complexity index is 656. The normalized spacial score (nSPS) is 11.8. The summed E-state index contributed by atoms with van der Waals surface area (Å²) in [5.74, 6) is -0.402. The predicted molar refractivity (Wildman–Crippen MR) is 81.9 cm³/mol. The number of benzene rings is 2. The van der Waals surface area contributed by atoms with Crippen molar-refractivity contribution in [2.45, 2.75) is 11.8 Å². The summed E-state index contributed by atoms with van der Waals surface area (Å²) in [5, 5.41) is 2.67. The number of hydrogen-bond donors (Lipinski definition) is 2. The van der Waals surface area contributed by atoms with Crippen molar-refractivity contribution >= 4 is 28.1 Å². The summed E-state index contributed by atoms with van der Waals surface area (Å²) < 4.78 is 12.1. The molecule has 4 nitrogen and oxygen atoms in total. The van der Waals surface area contributed by atoms with Crippen LogP contribution >= 0.6 is 0 Å². The third kappa shape index (κ3) is 3.68. The number of nitrogens with one attached hydrogen (secondary N) is 1. The molecule has 0 aliphatic rings. The molecular weight excluding hydrogens is 272 g/mol. The van der Waals surface area contributed by atoms with Gasteiger partial charge in [-0.2, -0.15) is 0 Å². The van der Waals surface area contributed by atoms with Crippen molar-refractivity contribution in [3.05, 3.63) is 54.1 Å². The Morgan fingerprint density at radius 3 is 2.65 bits per heavy atom. The molecule has 2 rings (SSSR count). The lowest BCUT2D eigenvalue weighted by atomic mass is 10.2. The Kier molecular flexibility index (Phi) is 4.53. The minimum Gasteiger partial charge on any atom is -0.397 e.